The quantitative estimate of drug-likeness (QED) is 0.403. The molecular weight excluding hydrogens is 266 g/mol. The summed E-state index contributed by atoms with van der Waals surface area (Å²) in [6, 6.07) is -1.64. The number of aliphatic carboxylic acids is 1. The predicted octanol–water partition coefficient (Wildman–Crippen LogP) is -0.491. The molecule has 116 valence electrons. The first kappa shape index (κ1) is 18.2. The van der Waals surface area contributed by atoms with Gasteiger partial charge in [-0.3, -0.25) is 4.79 Å². The molecule has 3 amide bonds. The Bertz CT molecular complexity index is 335. The van der Waals surface area contributed by atoms with Gasteiger partial charge in [-0.25, -0.2) is 9.59 Å². The average Bonchev–Trinajstić information content (AvgIpc) is 2.38. The van der Waals surface area contributed by atoms with Gasteiger partial charge in [-0.1, -0.05) is 0 Å². The lowest BCUT2D eigenvalue weighted by molar-refractivity contribution is -0.139. The highest BCUT2D eigenvalue weighted by Crippen LogP contribution is 2.01. The number of carbonyl (C=O) groups excluding carboxylic acids is 2. The average molecular weight is 289 g/mol. The summed E-state index contributed by atoms with van der Waals surface area (Å²) in [5, 5.41) is 19.9. The number of amides is 3. The number of carboxylic acid groups (broad SMARTS) is 1. The number of carboxylic acids is 1. The van der Waals surface area contributed by atoms with Gasteiger partial charge < -0.3 is 26.2 Å². The maximum Gasteiger partial charge on any atom is 0.326 e. The van der Waals surface area contributed by atoms with E-state index in [1.807, 2.05) is 0 Å². The molecule has 0 rings (SSSR count). The molecule has 0 aromatic rings. The molecule has 8 heteroatoms. The maximum absolute atomic E-state index is 11.8. The fraction of sp³-hybridized carbons (Fsp3) is 0.750. The molecule has 20 heavy (non-hydrogen) atoms. The van der Waals surface area contributed by atoms with Crippen molar-refractivity contribution in [3.8, 4) is 0 Å². The minimum absolute atomic E-state index is 0.0330. The number of aliphatic hydroxyl groups is 1. The van der Waals surface area contributed by atoms with E-state index in [-0.39, 0.29) is 19.4 Å². The Balaban J connectivity index is 4.16. The second-order valence-electron chi connectivity index (χ2n) is 4.55. The molecule has 0 spiro atoms. The van der Waals surface area contributed by atoms with Crippen molar-refractivity contribution in [2.24, 2.45) is 5.73 Å². The van der Waals surface area contributed by atoms with Crippen molar-refractivity contribution in [2.45, 2.75) is 38.1 Å². The van der Waals surface area contributed by atoms with Gasteiger partial charge in [-0.15, -0.1) is 0 Å². The summed E-state index contributed by atoms with van der Waals surface area (Å²) in [5.41, 5.74) is 4.95. The molecule has 5 N–H and O–H groups in total. The van der Waals surface area contributed by atoms with Crippen LogP contribution in [0.4, 0.5) is 4.79 Å². The van der Waals surface area contributed by atoms with Gasteiger partial charge in [0.15, 0.2) is 0 Å². The summed E-state index contributed by atoms with van der Waals surface area (Å²) in [4.78, 5) is 34.7. The number of hydrogen-bond donors (Lipinski definition) is 4. The van der Waals surface area contributed by atoms with E-state index in [1.54, 1.807) is 7.05 Å². The molecule has 0 aromatic carbocycles. The lowest BCUT2D eigenvalue weighted by atomic mass is 10.1. The molecule has 0 saturated carbocycles. The summed E-state index contributed by atoms with van der Waals surface area (Å²) in [5.74, 6) is -1.81. The van der Waals surface area contributed by atoms with E-state index in [2.05, 4.69) is 5.32 Å². The van der Waals surface area contributed by atoms with Gasteiger partial charge in [-0.2, -0.15) is 0 Å². The van der Waals surface area contributed by atoms with Crippen LogP contribution in [0.25, 0.3) is 0 Å². The van der Waals surface area contributed by atoms with Gasteiger partial charge in [0.25, 0.3) is 0 Å². The van der Waals surface area contributed by atoms with Crippen molar-refractivity contribution in [1.29, 1.82) is 0 Å². The molecule has 0 aliphatic rings. The number of rotatable bonds is 10. The van der Waals surface area contributed by atoms with Crippen molar-refractivity contribution in [2.75, 3.05) is 20.2 Å². The number of primary amides is 1. The van der Waals surface area contributed by atoms with Crippen LogP contribution in [0.2, 0.25) is 0 Å². The van der Waals surface area contributed by atoms with Crippen LogP contribution in [0, 0.1) is 0 Å². The Morgan fingerprint density at radius 3 is 2.40 bits per heavy atom. The Kier molecular flexibility index (Phi) is 9.10. The van der Waals surface area contributed by atoms with Gasteiger partial charge >= 0.3 is 12.0 Å². The van der Waals surface area contributed by atoms with Gasteiger partial charge in [-0.05, 0) is 25.7 Å². The third kappa shape index (κ3) is 8.30. The van der Waals surface area contributed by atoms with Crippen molar-refractivity contribution in [3.63, 3.8) is 0 Å². The van der Waals surface area contributed by atoms with Gasteiger partial charge in [0.05, 0.1) is 0 Å². The Labute approximate surface area is 117 Å². The fourth-order valence-electron chi connectivity index (χ4n) is 1.54. The topological polar surface area (TPSA) is 133 Å². The SMILES string of the molecule is CN(CCCCCO)C(=O)N[C@@H](CCC(N)=O)C(=O)O. The lowest BCUT2D eigenvalue weighted by Gasteiger charge is -2.21. The predicted molar refractivity (Wildman–Crippen MR) is 72.0 cm³/mol. The summed E-state index contributed by atoms with van der Waals surface area (Å²) < 4.78 is 0. The normalized spacial score (nSPS) is 11.7. The molecule has 8 nitrogen and oxygen atoms in total. The number of urea groups is 1. The van der Waals surface area contributed by atoms with Crippen LogP contribution in [0.15, 0.2) is 0 Å². The largest absolute Gasteiger partial charge is 0.480 e. The Hall–Kier alpha value is -1.83. The second-order valence-corrected chi connectivity index (χ2v) is 4.55. The van der Waals surface area contributed by atoms with E-state index >= 15 is 0 Å². The zero-order chi connectivity index (χ0) is 15.5. The molecule has 0 saturated heterocycles. The second kappa shape index (κ2) is 10.0. The molecule has 1 atom stereocenters. The first-order chi connectivity index (χ1) is 9.38. The van der Waals surface area contributed by atoms with E-state index < -0.39 is 23.9 Å². The van der Waals surface area contributed by atoms with E-state index in [4.69, 9.17) is 15.9 Å². The van der Waals surface area contributed by atoms with E-state index in [0.29, 0.717) is 13.0 Å². The van der Waals surface area contributed by atoms with Crippen LogP contribution in [0.3, 0.4) is 0 Å². The van der Waals surface area contributed by atoms with Crippen LogP contribution in [0.5, 0.6) is 0 Å². The third-order valence-corrected chi connectivity index (χ3v) is 2.77. The number of carbonyl (C=O) groups is 3. The number of nitrogens with one attached hydrogen (secondary N) is 1. The molecule has 0 aliphatic carbocycles. The van der Waals surface area contributed by atoms with E-state index in [1.165, 1.54) is 4.90 Å². The smallest absolute Gasteiger partial charge is 0.326 e. The zero-order valence-electron chi connectivity index (χ0n) is 11.7. The molecule has 0 fully saturated rings. The standard InChI is InChI=1S/C12H23N3O5/c1-15(7-3-2-4-8-16)12(20)14-9(11(18)19)5-6-10(13)17/h9,16H,2-8H2,1H3,(H2,13,17)(H,14,20)(H,18,19)/t9-/m0/s1. The summed E-state index contributed by atoms with van der Waals surface area (Å²) in [6.45, 7) is 0.581. The van der Waals surface area contributed by atoms with Crippen molar-refractivity contribution < 1.29 is 24.6 Å². The van der Waals surface area contributed by atoms with E-state index in [9.17, 15) is 14.4 Å². The minimum Gasteiger partial charge on any atom is -0.480 e. The summed E-state index contributed by atoms with van der Waals surface area (Å²) in [7, 11) is 1.56. The fourth-order valence-corrected chi connectivity index (χ4v) is 1.54. The molecule has 0 radical (unpaired) electrons. The van der Waals surface area contributed by atoms with Crippen LogP contribution < -0.4 is 11.1 Å². The lowest BCUT2D eigenvalue weighted by Crippen LogP contribution is -2.47. The van der Waals surface area contributed by atoms with Crippen LogP contribution in [0.1, 0.15) is 32.1 Å². The number of nitrogens with zero attached hydrogens (tertiary/aromatic N) is 1. The van der Waals surface area contributed by atoms with Gasteiger partial charge in [0, 0.05) is 26.6 Å². The first-order valence-corrected chi connectivity index (χ1v) is 6.52. The van der Waals surface area contributed by atoms with Crippen LogP contribution >= 0.6 is 0 Å². The zero-order valence-corrected chi connectivity index (χ0v) is 11.7. The van der Waals surface area contributed by atoms with Crippen molar-refractivity contribution in [3.05, 3.63) is 0 Å². The first-order valence-electron chi connectivity index (χ1n) is 6.52. The molecule has 0 heterocycles. The Morgan fingerprint density at radius 1 is 1.25 bits per heavy atom. The molecular formula is C12H23N3O5. The number of nitrogens with two attached hydrogens (primary N) is 1. The van der Waals surface area contributed by atoms with Crippen LogP contribution in [-0.4, -0.2) is 59.3 Å². The van der Waals surface area contributed by atoms with Crippen molar-refractivity contribution >= 4 is 17.9 Å². The Morgan fingerprint density at radius 2 is 1.90 bits per heavy atom. The van der Waals surface area contributed by atoms with Gasteiger partial charge in [0.2, 0.25) is 5.91 Å². The molecule has 0 aliphatic heterocycles. The number of aliphatic hydroxyl groups excluding tert-OH is 1. The summed E-state index contributed by atoms with van der Waals surface area (Å²) in [6.07, 6.45) is 2.06. The highest BCUT2D eigenvalue weighted by atomic mass is 16.4. The van der Waals surface area contributed by atoms with Crippen molar-refractivity contribution in [1.82, 2.24) is 10.2 Å². The molecule has 0 bridgehead atoms. The van der Waals surface area contributed by atoms with Gasteiger partial charge in [0.1, 0.15) is 6.04 Å². The maximum atomic E-state index is 11.8. The monoisotopic (exact) mass is 289 g/mol. The highest BCUT2D eigenvalue weighted by Gasteiger charge is 2.21. The highest BCUT2D eigenvalue weighted by molar-refractivity contribution is 5.83. The third-order valence-electron chi connectivity index (χ3n) is 2.77. The number of hydrogen-bond acceptors (Lipinski definition) is 4. The summed E-state index contributed by atoms with van der Waals surface area (Å²) >= 11 is 0. The van der Waals surface area contributed by atoms with E-state index in [0.717, 1.165) is 12.8 Å². The minimum atomic E-state index is -1.20. The molecule has 0 aromatic heterocycles. The molecule has 0 unspecified atom stereocenters. The number of unbranched alkanes of at least 4 members (excludes halogenated alkanes) is 2. The van der Waals surface area contributed by atoms with Crippen LogP contribution in [-0.2, 0) is 9.59 Å².